The zero-order valence-corrected chi connectivity index (χ0v) is 5.26. The normalized spacial score (nSPS) is 11.1. The molecule has 0 aliphatic rings. The molecule has 0 radical (unpaired) electrons. The molecule has 0 aliphatic heterocycles. The van der Waals surface area contributed by atoms with Gasteiger partial charge in [-0.15, -0.1) is 0 Å². The van der Waals surface area contributed by atoms with Gasteiger partial charge in [-0.05, 0) is 12.5 Å². The van der Waals surface area contributed by atoms with Gasteiger partial charge in [0.2, 0.25) is 0 Å². The lowest BCUT2D eigenvalue weighted by Crippen LogP contribution is -1.92. The average Bonchev–Trinajstić information content (AvgIpc) is 1.79. The predicted molar refractivity (Wildman–Crippen MR) is 32.0 cm³/mol. The second-order valence-corrected chi connectivity index (χ2v) is 1.70. The first kappa shape index (κ1) is 9.07. The number of allylic oxidation sites excluding steroid dienone is 2. The molecule has 0 bridgehead atoms. The molecule has 0 aromatic carbocycles. The van der Waals surface area contributed by atoms with Crippen molar-refractivity contribution >= 4 is 5.97 Å². The van der Waals surface area contributed by atoms with Gasteiger partial charge in [-0.3, -0.25) is 4.79 Å². The highest BCUT2D eigenvalue weighted by molar-refractivity contribution is 5.66. The van der Waals surface area contributed by atoms with Crippen molar-refractivity contribution in [2.75, 3.05) is 0 Å². The van der Waals surface area contributed by atoms with Crippen molar-refractivity contribution in [1.82, 2.24) is 0 Å². The Morgan fingerprint density at radius 1 is 1.60 bits per heavy atom. The topological polar surface area (TPSA) is 37.3 Å². The molecular weight excluding hydrogens is 142 g/mol. The Balaban J connectivity index is 3.27. The van der Waals surface area contributed by atoms with Crippen molar-refractivity contribution in [1.29, 1.82) is 0 Å². The molecule has 0 aliphatic carbocycles. The number of hydrogen-bond donors (Lipinski definition) is 1. The van der Waals surface area contributed by atoms with Gasteiger partial charge in [0.05, 0.1) is 0 Å². The molecule has 0 rings (SSSR count). The van der Waals surface area contributed by atoms with E-state index >= 15 is 0 Å². The van der Waals surface area contributed by atoms with Gasteiger partial charge in [-0.1, -0.05) is 6.08 Å². The lowest BCUT2D eigenvalue weighted by Gasteiger charge is -1.87. The number of aliphatic carboxylic acids is 1. The molecule has 2 nitrogen and oxygen atoms in total. The van der Waals surface area contributed by atoms with Gasteiger partial charge < -0.3 is 5.11 Å². The van der Waals surface area contributed by atoms with E-state index < -0.39 is 12.4 Å². The summed E-state index contributed by atoms with van der Waals surface area (Å²) in [7, 11) is 0. The van der Waals surface area contributed by atoms with E-state index in [9.17, 15) is 13.6 Å². The number of halogens is 2. The van der Waals surface area contributed by atoms with Crippen molar-refractivity contribution < 1.29 is 18.7 Å². The first-order valence-corrected chi connectivity index (χ1v) is 2.79. The van der Waals surface area contributed by atoms with Crippen LogP contribution in [0.3, 0.4) is 0 Å². The van der Waals surface area contributed by atoms with E-state index in [1.807, 2.05) is 0 Å². The van der Waals surface area contributed by atoms with E-state index in [1.165, 1.54) is 6.08 Å². The third-order valence-electron chi connectivity index (χ3n) is 0.806. The van der Waals surface area contributed by atoms with Crippen molar-refractivity contribution in [3.05, 3.63) is 12.2 Å². The Kier molecular flexibility index (Phi) is 4.45. The van der Waals surface area contributed by atoms with Crippen LogP contribution in [-0.4, -0.2) is 17.5 Å². The molecule has 0 aromatic heterocycles. The highest BCUT2D eigenvalue weighted by atomic mass is 19.3. The van der Waals surface area contributed by atoms with Gasteiger partial charge in [0.1, 0.15) is 0 Å². The van der Waals surface area contributed by atoms with Crippen LogP contribution >= 0.6 is 0 Å². The van der Waals surface area contributed by atoms with Gasteiger partial charge in [-0.2, -0.15) is 0 Å². The fourth-order valence-electron chi connectivity index (χ4n) is 0.406. The summed E-state index contributed by atoms with van der Waals surface area (Å²) in [6, 6.07) is 0. The molecule has 0 spiro atoms. The third kappa shape index (κ3) is 7.07. The summed E-state index contributed by atoms with van der Waals surface area (Å²) in [6.45, 7) is 0. The molecule has 58 valence electrons. The van der Waals surface area contributed by atoms with Crippen LogP contribution in [0.4, 0.5) is 8.78 Å². The predicted octanol–water partition coefficient (Wildman–Crippen LogP) is 1.67. The van der Waals surface area contributed by atoms with E-state index in [-0.39, 0.29) is 12.8 Å². The number of hydrogen-bond acceptors (Lipinski definition) is 1. The first-order valence-electron chi connectivity index (χ1n) is 2.79. The summed E-state index contributed by atoms with van der Waals surface area (Å²) < 4.78 is 22.7. The van der Waals surface area contributed by atoms with Crippen LogP contribution in [0.25, 0.3) is 0 Å². The van der Waals surface area contributed by atoms with Gasteiger partial charge in [0.15, 0.2) is 0 Å². The largest absolute Gasteiger partial charge is 0.481 e. The van der Waals surface area contributed by atoms with Gasteiger partial charge >= 0.3 is 5.97 Å². The Bertz CT molecular complexity index is 132. The third-order valence-corrected chi connectivity index (χ3v) is 0.806. The van der Waals surface area contributed by atoms with E-state index in [0.717, 1.165) is 0 Å². The monoisotopic (exact) mass is 150 g/mol. The number of alkyl halides is 2. The maximum atomic E-state index is 11.3. The molecule has 0 aromatic rings. The highest BCUT2D eigenvalue weighted by Crippen LogP contribution is 1.97. The molecule has 0 saturated heterocycles. The SMILES string of the molecule is O=C(O)CC/C=C/C(F)F. The van der Waals surface area contributed by atoms with Gasteiger partial charge in [0, 0.05) is 6.42 Å². The van der Waals surface area contributed by atoms with Gasteiger partial charge in [-0.25, -0.2) is 8.78 Å². The smallest absolute Gasteiger partial charge is 0.303 e. The lowest BCUT2D eigenvalue weighted by molar-refractivity contribution is -0.136. The van der Waals surface area contributed by atoms with Crippen molar-refractivity contribution in [2.45, 2.75) is 19.3 Å². The molecule has 0 heterocycles. The van der Waals surface area contributed by atoms with E-state index in [4.69, 9.17) is 5.11 Å². The summed E-state index contributed by atoms with van der Waals surface area (Å²) >= 11 is 0. The fraction of sp³-hybridized carbons (Fsp3) is 0.500. The second kappa shape index (κ2) is 4.90. The molecule has 0 fully saturated rings. The molecule has 0 unspecified atom stereocenters. The first-order chi connectivity index (χ1) is 4.63. The van der Waals surface area contributed by atoms with Crippen LogP contribution < -0.4 is 0 Å². The van der Waals surface area contributed by atoms with E-state index in [1.54, 1.807) is 0 Å². The van der Waals surface area contributed by atoms with Crippen molar-refractivity contribution in [2.24, 2.45) is 0 Å². The summed E-state index contributed by atoms with van der Waals surface area (Å²) in [4.78, 5) is 9.82. The summed E-state index contributed by atoms with van der Waals surface area (Å²) in [6.07, 6.45) is -0.557. The zero-order valence-electron chi connectivity index (χ0n) is 5.26. The number of rotatable bonds is 4. The minimum Gasteiger partial charge on any atom is -0.481 e. The Labute approximate surface area is 57.2 Å². The lowest BCUT2D eigenvalue weighted by atomic mass is 10.3. The highest BCUT2D eigenvalue weighted by Gasteiger charge is 1.94. The number of carboxylic acids is 1. The Hall–Kier alpha value is -0.930. The standard InChI is InChI=1S/C6H8F2O2/c7-5(8)3-1-2-4-6(9)10/h1,3,5H,2,4H2,(H,9,10)/b3-1+. The number of carboxylic acid groups (broad SMARTS) is 1. The van der Waals surface area contributed by atoms with Crippen LogP contribution in [0, 0.1) is 0 Å². The zero-order chi connectivity index (χ0) is 7.98. The van der Waals surface area contributed by atoms with Crippen LogP contribution in [0.1, 0.15) is 12.8 Å². The number of carbonyl (C=O) groups is 1. The molecule has 0 amide bonds. The summed E-state index contributed by atoms with van der Waals surface area (Å²) in [5, 5.41) is 8.06. The van der Waals surface area contributed by atoms with Crippen LogP contribution in [0.2, 0.25) is 0 Å². The quantitative estimate of drug-likeness (QED) is 0.619. The maximum absolute atomic E-state index is 11.3. The summed E-state index contributed by atoms with van der Waals surface area (Å²) in [5.41, 5.74) is 0. The minimum absolute atomic E-state index is 0.0940. The van der Waals surface area contributed by atoms with Crippen molar-refractivity contribution in [3.63, 3.8) is 0 Å². The molecule has 4 heteroatoms. The second-order valence-electron chi connectivity index (χ2n) is 1.70. The molecule has 1 N–H and O–H groups in total. The molecule has 0 saturated carbocycles. The molecule has 0 atom stereocenters. The fourth-order valence-corrected chi connectivity index (χ4v) is 0.406. The van der Waals surface area contributed by atoms with Crippen molar-refractivity contribution in [3.8, 4) is 0 Å². The van der Waals surface area contributed by atoms with E-state index in [2.05, 4.69) is 0 Å². The Morgan fingerprint density at radius 2 is 2.20 bits per heavy atom. The Morgan fingerprint density at radius 3 is 2.60 bits per heavy atom. The molecular formula is C6H8F2O2. The average molecular weight is 150 g/mol. The van der Waals surface area contributed by atoms with Crippen LogP contribution in [0.5, 0.6) is 0 Å². The molecule has 10 heavy (non-hydrogen) atoms. The summed E-state index contributed by atoms with van der Waals surface area (Å²) in [5.74, 6) is -0.973. The minimum atomic E-state index is -2.48. The van der Waals surface area contributed by atoms with E-state index in [0.29, 0.717) is 6.08 Å². The van der Waals surface area contributed by atoms with Crippen LogP contribution in [-0.2, 0) is 4.79 Å². The van der Waals surface area contributed by atoms with Crippen LogP contribution in [0.15, 0.2) is 12.2 Å². The van der Waals surface area contributed by atoms with Gasteiger partial charge in [0.25, 0.3) is 6.43 Å². The maximum Gasteiger partial charge on any atom is 0.303 e.